The van der Waals surface area contributed by atoms with Crippen molar-refractivity contribution in [2.75, 3.05) is 20.8 Å². The molecule has 3 rings (SSSR count). The van der Waals surface area contributed by atoms with Crippen molar-refractivity contribution in [2.45, 2.75) is 26.2 Å². The lowest BCUT2D eigenvalue weighted by molar-refractivity contribution is -0.121. The maximum atomic E-state index is 12.1. The van der Waals surface area contributed by atoms with Crippen LogP contribution in [0, 0.1) is 6.92 Å². The van der Waals surface area contributed by atoms with Crippen molar-refractivity contribution in [1.82, 2.24) is 25.1 Å². The van der Waals surface area contributed by atoms with E-state index in [1.165, 1.54) is 11.3 Å². The van der Waals surface area contributed by atoms with Crippen LogP contribution in [-0.2, 0) is 17.6 Å². The zero-order chi connectivity index (χ0) is 18.5. The zero-order valence-corrected chi connectivity index (χ0v) is 15.8. The fraction of sp³-hybridized carbons (Fsp3) is 0.412. The number of benzene rings is 1. The Morgan fingerprint density at radius 1 is 1.23 bits per heavy atom. The van der Waals surface area contributed by atoms with Gasteiger partial charge in [-0.3, -0.25) is 4.79 Å². The molecule has 2 aromatic heterocycles. The number of amides is 1. The van der Waals surface area contributed by atoms with Crippen molar-refractivity contribution in [3.05, 3.63) is 34.6 Å². The number of aryl methyl sites for hydroxylation is 2. The molecule has 0 saturated heterocycles. The number of fused-ring (bicyclic) bond motifs is 1. The number of carbonyl (C=O) groups excluding carboxylic acids is 1. The number of carbonyl (C=O) groups is 1. The summed E-state index contributed by atoms with van der Waals surface area (Å²) in [5.41, 5.74) is 1.03. The van der Waals surface area contributed by atoms with E-state index in [-0.39, 0.29) is 5.91 Å². The minimum atomic E-state index is 0.000153. The maximum Gasteiger partial charge on any atom is 0.234 e. The molecule has 1 aromatic carbocycles. The molecule has 0 atom stereocenters. The first-order valence-corrected chi connectivity index (χ1v) is 9.07. The highest BCUT2D eigenvalue weighted by Crippen LogP contribution is 2.24. The topological polar surface area (TPSA) is 90.6 Å². The predicted molar refractivity (Wildman–Crippen MR) is 98.0 cm³/mol. The quantitative estimate of drug-likeness (QED) is 0.646. The van der Waals surface area contributed by atoms with E-state index < -0.39 is 0 Å². The van der Waals surface area contributed by atoms with Crippen LogP contribution in [0.1, 0.15) is 22.8 Å². The molecule has 0 unspecified atom stereocenters. The SMILES string of the molecule is COc1ccc(CCNC(=O)CCc2nn3c(C)nnc3s2)c(OC)c1. The molecule has 26 heavy (non-hydrogen) atoms. The molecule has 2 heterocycles. The van der Waals surface area contributed by atoms with Gasteiger partial charge in [0.05, 0.1) is 14.2 Å². The first-order valence-electron chi connectivity index (χ1n) is 8.26. The van der Waals surface area contributed by atoms with Crippen LogP contribution in [0.15, 0.2) is 18.2 Å². The maximum absolute atomic E-state index is 12.1. The molecule has 3 aromatic rings. The van der Waals surface area contributed by atoms with Crippen molar-refractivity contribution in [1.29, 1.82) is 0 Å². The highest BCUT2D eigenvalue weighted by atomic mass is 32.1. The van der Waals surface area contributed by atoms with Gasteiger partial charge in [-0.05, 0) is 25.0 Å². The van der Waals surface area contributed by atoms with Crippen molar-refractivity contribution in [3.8, 4) is 11.5 Å². The van der Waals surface area contributed by atoms with E-state index in [4.69, 9.17) is 9.47 Å². The molecule has 0 aliphatic rings. The van der Waals surface area contributed by atoms with Gasteiger partial charge in [-0.1, -0.05) is 17.4 Å². The molecule has 0 saturated carbocycles. The van der Waals surface area contributed by atoms with Gasteiger partial charge in [-0.2, -0.15) is 9.61 Å². The van der Waals surface area contributed by atoms with Crippen LogP contribution in [0.5, 0.6) is 11.5 Å². The highest BCUT2D eigenvalue weighted by Gasteiger charge is 2.11. The third kappa shape index (κ3) is 4.10. The molecule has 138 valence electrons. The van der Waals surface area contributed by atoms with Crippen molar-refractivity contribution in [2.24, 2.45) is 0 Å². The van der Waals surface area contributed by atoms with Crippen molar-refractivity contribution in [3.63, 3.8) is 0 Å². The number of aromatic nitrogens is 4. The molecule has 0 aliphatic heterocycles. The van der Waals surface area contributed by atoms with Gasteiger partial charge in [0.2, 0.25) is 10.9 Å². The van der Waals surface area contributed by atoms with Crippen LogP contribution in [-0.4, -0.2) is 46.5 Å². The van der Waals surface area contributed by atoms with E-state index >= 15 is 0 Å². The molecule has 0 radical (unpaired) electrons. The lowest BCUT2D eigenvalue weighted by atomic mass is 10.1. The molecular weight excluding hydrogens is 354 g/mol. The third-order valence-corrected chi connectivity index (χ3v) is 4.92. The monoisotopic (exact) mass is 375 g/mol. The largest absolute Gasteiger partial charge is 0.497 e. The Labute approximate surface area is 155 Å². The lowest BCUT2D eigenvalue weighted by Crippen LogP contribution is -2.26. The molecule has 8 nitrogen and oxygen atoms in total. The second kappa shape index (κ2) is 8.13. The van der Waals surface area contributed by atoms with Crippen LogP contribution >= 0.6 is 11.3 Å². The zero-order valence-electron chi connectivity index (χ0n) is 15.0. The average Bonchev–Trinajstić information content (AvgIpc) is 3.22. The molecule has 0 aliphatic carbocycles. The summed E-state index contributed by atoms with van der Waals surface area (Å²) in [4.78, 5) is 12.8. The highest BCUT2D eigenvalue weighted by molar-refractivity contribution is 7.16. The second-order valence-corrected chi connectivity index (χ2v) is 6.76. The molecule has 9 heteroatoms. The minimum absolute atomic E-state index is 0.000153. The number of nitrogens with one attached hydrogen (secondary N) is 1. The molecule has 0 fully saturated rings. The predicted octanol–water partition coefficient (Wildman–Crippen LogP) is 1.80. The third-order valence-electron chi connectivity index (χ3n) is 3.97. The molecule has 1 N–H and O–H groups in total. The van der Waals surface area contributed by atoms with Crippen LogP contribution in [0.2, 0.25) is 0 Å². The summed E-state index contributed by atoms with van der Waals surface area (Å²) in [6, 6.07) is 5.67. The first kappa shape index (κ1) is 18.1. The van der Waals surface area contributed by atoms with Gasteiger partial charge in [-0.15, -0.1) is 10.2 Å². The fourth-order valence-electron chi connectivity index (χ4n) is 2.56. The van der Waals surface area contributed by atoms with Crippen LogP contribution in [0.25, 0.3) is 4.96 Å². The Kier molecular flexibility index (Phi) is 5.67. The van der Waals surface area contributed by atoms with E-state index in [1.54, 1.807) is 18.7 Å². The van der Waals surface area contributed by atoms with Crippen LogP contribution in [0.4, 0.5) is 0 Å². The van der Waals surface area contributed by atoms with Crippen molar-refractivity contribution < 1.29 is 14.3 Å². The molecule has 1 amide bonds. The van der Waals surface area contributed by atoms with Gasteiger partial charge in [0.25, 0.3) is 0 Å². The van der Waals surface area contributed by atoms with Gasteiger partial charge in [0, 0.05) is 25.5 Å². The summed E-state index contributed by atoms with van der Waals surface area (Å²) in [6.07, 6.45) is 1.67. The Bertz CT molecular complexity index is 905. The van der Waals surface area contributed by atoms with Crippen LogP contribution in [0.3, 0.4) is 0 Å². The standard InChI is InChI=1S/C17H21N5O3S/c1-11-19-20-17-22(11)21-16(26-17)7-6-15(23)18-9-8-12-4-5-13(24-2)10-14(12)25-3/h4-5,10H,6-9H2,1-3H3,(H,18,23). The summed E-state index contributed by atoms with van der Waals surface area (Å²) in [6.45, 7) is 2.40. The lowest BCUT2D eigenvalue weighted by Gasteiger charge is -2.11. The second-order valence-electron chi connectivity index (χ2n) is 5.72. The Morgan fingerprint density at radius 3 is 2.81 bits per heavy atom. The molecule has 0 spiro atoms. The summed E-state index contributed by atoms with van der Waals surface area (Å²) < 4.78 is 12.3. The van der Waals surface area contributed by atoms with Gasteiger partial charge < -0.3 is 14.8 Å². The summed E-state index contributed by atoms with van der Waals surface area (Å²) in [7, 11) is 3.24. The van der Waals surface area contributed by atoms with E-state index in [1.807, 2.05) is 25.1 Å². The summed E-state index contributed by atoms with van der Waals surface area (Å²) >= 11 is 1.46. The number of hydrogen-bond acceptors (Lipinski definition) is 7. The number of rotatable bonds is 8. The fourth-order valence-corrected chi connectivity index (χ4v) is 3.44. The smallest absolute Gasteiger partial charge is 0.234 e. The van der Waals surface area contributed by atoms with Crippen LogP contribution < -0.4 is 14.8 Å². The number of methoxy groups -OCH3 is 2. The number of hydrogen-bond donors (Lipinski definition) is 1. The molecule has 0 bridgehead atoms. The normalized spacial score (nSPS) is 10.9. The van der Waals surface area contributed by atoms with Gasteiger partial charge in [-0.25, -0.2) is 0 Å². The molecular formula is C17H21N5O3S. The van der Waals surface area contributed by atoms with E-state index in [9.17, 15) is 4.79 Å². The first-order chi connectivity index (χ1) is 12.6. The number of ether oxygens (including phenoxy) is 2. The Balaban J connectivity index is 1.47. The van der Waals surface area contributed by atoms with Gasteiger partial charge in [0.1, 0.15) is 16.5 Å². The van der Waals surface area contributed by atoms with E-state index in [2.05, 4.69) is 20.6 Å². The number of nitrogens with zero attached hydrogens (tertiary/aromatic N) is 4. The summed E-state index contributed by atoms with van der Waals surface area (Å²) in [5.74, 6) is 2.25. The Morgan fingerprint density at radius 2 is 2.08 bits per heavy atom. The van der Waals surface area contributed by atoms with Gasteiger partial charge in [0.15, 0.2) is 5.82 Å². The van der Waals surface area contributed by atoms with Gasteiger partial charge >= 0.3 is 0 Å². The minimum Gasteiger partial charge on any atom is -0.497 e. The van der Waals surface area contributed by atoms with Crippen molar-refractivity contribution >= 4 is 22.2 Å². The average molecular weight is 375 g/mol. The van der Waals surface area contributed by atoms with E-state index in [0.29, 0.717) is 25.8 Å². The Hall–Kier alpha value is -2.68. The summed E-state index contributed by atoms with van der Waals surface area (Å²) in [5, 5.41) is 16.2. The van der Waals surface area contributed by atoms with E-state index in [0.717, 1.165) is 32.9 Å².